The average molecular weight is 337 g/mol. The molecule has 1 heterocycles. The van der Waals surface area contributed by atoms with E-state index in [1.807, 2.05) is 61.5 Å². The number of aromatic nitrogens is 2. The number of rotatable bonds is 7. The molecule has 1 amide bonds. The van der Waals surface area contributed by atoms with Crippen molar-refractivity contribution in [2.45, 2.75) is 26.4 Å². The molecule has 0 aliphatic heterocycles. The molecule has 1 N–H and O–H groups in total. The minimum atomic E-state index is -0.0397. The van der Waals surface area contributed by atoms with Crippen LogP contribution >= 0.6 is 0 Å². The molecule has 3 rings (SSSR count). The maximum Gasteiger partial charge on any atom is 0.260 e. The maximum atomic E-state index is 11.9. The molecule has 0 unspecified atom stereocenters. The standard InChI is InChI=1S/C19H19N3O3/c1-2-8-18(23)20-16-12-7-6-11-15(16)19-21-17(22-25-19)13-24-14-9-4-3-5-10-14/h3-7,9-12H,2,8,13H2,1H3,(H,20,23). The molecule has 6 heteroatoms. The fourth-order valence-corrected chi connectivity index (χ4v) is 2.30. The molecule has 0 radical (unpaired) electrons. The Morgan fingerprint density at radius 3 is 2.68 bits per heavy atom. The number of hydrogen-bond donors (Lipinski definition) is 1. The molecule has 0 bridgehead atoms. The highest BCUT2D eigenvalue weighted by Crippen LogP contribution is 2.26. The van der Waals surface area contributed by atoms with Gasteiger partial charge in [0.15, 0.2) is 6.61 Å². The zero-order valence-electron chi connectivity index (χ0n) is 13.9. The topological polar surface area (TPSA) is 77.2 Å². The Labute approximate surface area is 145 Å². The van der Waals surface area contributed by atoms with Crippen molar-refractivity contribution in [1.29, 1.82) is 0 Å². The van der Waals surface area contributed by atoms with Crippen LogP contribution in [0.15, 0.2) is 59.1 Å². The fraction of sp³-hybridized carbons (Fsp3) is 0.211. The van der Waals surface area contributed by atoms with Gasteiger partial charge in [-0.1, -0.05) is 42.4 Å². The van der Waals surface area contributed by atoms with Gasteiger partial charge in [0.1, 0.15) is 5.75 Å². The van der Waals surface area contributed by atoms with E-state index in [0.29, 0.717) is 29.4 Å². The van der Waals surface area contributed by atoms with Gasteiger partial charge in [-0.05, 0) is 30.7 Å². The fourth-order valence-electron chi connectivity index (χ4n) is 2.30. The molecule has 0 saturated heterocycles. The molecule has 0 spiro atoms. The van der Waals surface area contributed by atoms with Crippen LogP contribution in [0.3, 0.4) is 0 Å². The monoisotopic (exact) mass is 337 g/mol. The summed E-state index contributed by atoms with van der Waals surface area (Å²) in [6.45, 7) is 2.17. The third-order valence-electron chi connectivity index (χ3n) is 3.49. The van der Waals surface area contributed by atoms with E-state index in [-0.39, 0.29) is 12.5 Å². The summed E-state index contributed by atoms with van der Waals surface area (Å²) in [6.07, 6.45) is 1.25. The Balaban J connectivity index is 1.72. The Kier molecular flexibility index (Phi) is 5.41. The van der Waals surface area contributed by atoms with Gasteiger partial charge in [0.05, 0.1) is 11.3 Å². The molecule has 128 valence electrons. The predicted octanol–water partition coefficient (Wildman–Crippen LogP) is 4.05. The van der Waals surface area contributed by atoms with Crippen molar-refractivity contribution in [1.82, 2.24) is 10.1 Å². The second kappa shape index (κ2) is 8.10. The van der Waals surface area contributed by atoms with Crippen LogP contribution in [0.5, 0.6) is 5.75 Å². The molecule has 0 saturated carbocycles. The summed E-state index contributed by atoms with van der Waals surface area (Å²) >= 11 is 0. The first kappa shape index (κ1) is 16.7. The highest BCUT2D eigenvalue weighted by atomic mass is 16.5. The summed E-state index contributed by atoms with van der Waals surface area (Å²) in [5.74, 6) is 1.48. The van der Waals surface area contributed by atoms with Crippen LogP contribution in [0.1, 0.15) is 25.6 Å². The van der Waals surface area contributed by atoms with Crippen molar-refractivity contribution in [2.75, 3.05) is 5.32 Å². The number of anilines is 1. The minimum absolute atomic E-state index is 0.0397. The molecule has 1 aromatic heterocycles. The van der Waals surface area contributed by atoms with Crippen LogP contribution in [-0.2, 0) is 11.4 Å². The lowest BCUT2D eigenvalue weighted by molar-refractivity contribution is -0.116. The van der Waals surface area contributed by atoms with Crippen molar-refractivity contribution in [3.63, 3.8) is 0 Å². The van der Waals surface area contributed by atoms with Crippen molar-refractivity contribution in [3.8, 4) is 17.2 Å². The molecule has 0 aliphatic rings. The Morgan fingerprint density at radius 1 is 1.12 bits per heavy atom. The smallest absolute Gasteiger partial charge is 0.260 e. The van der Waals surface area contributed by atoms with Gasteiger partial charge < -0.3 is 14.6 Å². The third-order valence-corrected chi connectivity index (χ3v) is 3.49. The van der Waals surface area contributed by atoms with Crippen LogP contribution in [-0.4, -0.2) is 16.0 Å². The van der Waals surface area contributed by atoms with Gasteiger partial charge in [0.2, 0.25) is 11.7 Å². The summed E-state index contributed by atoms with van der Waals surface area (Å²) < 4.78 is 10.9. The van der Waals surface area contributed by atoms with Gasteiger partial charge in [0, 0.05) is 6.42 Å². The second-order valence-electron chi connectivity index (χ2n) is 5.46. The maximum absolute atomic E-state index is 11.9. The second-order valence-corrected chi connectivity index (χ2v) is 5.46. The number of benzene rings is 2. The number of amides is 1. The third kappa shape index (κ3) is 4.44. The molecule has 2 aromatic carbocycles. The minimum Gasteiger partial charge on any atom is -0.485 e. The van der Waals surface area contributed by atoms with Gasteiger partial charge in [0.25, 0.3) is 5.89 Å². The first-order chi connectivity index (χ1) is 12.3. The molecular weight excluding hydrogens is 318 g/mol. The van der Waals surface area contributed by atoms with Crippen molar-refractivity contribution < 1.29 is 14.1 Å². The van der Waals surface area contributed by atoms with E-state index in [1.165, 1.54) is 0 Å². The van der Waals surface area contributed by atoms with Gasteiger partial charge in [-0.25, -0.2) is 0 Å². The zero-order valence-corrected chi connectivity index (χ0v) is 13.9. The average Bonchev–Trinajstić information content (AvgIpc) is 3.10. The number of carbonyl (C=O) groups excluding carboxylic acids is 1. The number of hydrogen-bond acceptors (Lipinski definition) is 5. The first-order valence-electron chi connectivity index (χ1n) is 8.16. The van der Waals surface area contributed by atoms with E-state index >= 15 is 0 Å². The molecular formula is C19H19N3O3. The van der Waals surface area contributed by atoms with E-state index in [9.17, 15) is 4.79 Å². The summed E-state index contributed by atoms with van der Waals surface area (Å²) in [7, 11) is 0. The predicted molar refractivity (Wildman–Crippen MR) is 94.0 cm³/mol. The molecule has 0 fully saturated rings. The van der Waals surface area contributed by atoms with E-state index in [2.05, 4.69) is 15.5 Å². The van der Waals surface area contributed by atoms with Gasteiger partial charge in [-0.15, -0.1) is 0 Å². The van der Waals surface area contributed by atoms with E-state index in [1.54, 1.807) is 0 Å². The first-order valence-corrected chi connectivity index (χ1v) is 8.16. The van der Waals surface area contributed by atoms with E-state index in [4.69, 9.17) is 9.26 Å². The van der Waals surface area contributed by atoms with Crippen LogP contribution in [0.4, 0.5) is 5.69 Å². The summed E-state index contributed by atoms with van der Waals surface area (Å²) in [6, 6.07) is 16.8. The van der Waals surface area contributed by atoms with Crippen LogP contribution < -0.4 is 10.1 Å². The Morgan fingerprint density at radius 2 is 1.88 bits per heavy atom. The molecule has 0 atom stereocenters. The highest BCUT2D eigenvalue weighted by Gasteiger charge is 2.14. The van der Waals surface area contributed by atoms with Crippen molar-refractivity contribution >= 4 is 11.6 Å². The SMILES string of the molecule is CCCC(=O)Nc1ccccc1-c1nc(COc2ccccc2)no1. The lowest BCUT2D eigenvalue weighted by Gasteiger charge is -2.07. The van der Waals surface area contributed by atoms with Crippen LogP contribution in [0.2, 0.25) is 0 Å². The Bertz CT molecular complexity index is 831. The number of para-hydroxylation sites is 2. The van der Waals surface area contributed by atoms with Gasteiger partial charge in [-0.2, -0.15) is 4.98 Å². The zero-order chi connectivity index (χ0) is 17.5. The van der Waals surface area contributed by atoms with Gasteiger partial charge in [-0.3, -0.25) is 4.79 Å². The van der Waals surface area contributed by atoms with Crippen molar-refractivity contribution in [2.24, 2.45) is 0 Å². The number of nitrogens with zero attached hydrogens (tertiary/aromatic N) is 2. The van der Waals surface area contributed by atoms with Crippen LogP contribution in [0, 0.1) is 0 Å². The normalized spacial score (nSPS) is 10.4. The highest BCUT2D eigenvalue weighted by molar-refractivity contribution is 5.94. The molecule has 3 aromatic rings. The van der Waals surface area contributed by atoms with E-state index in [0.717, 1.165) is 12.2 Å². The number of carbonyl (C=O) groups is 1. The summed E-state index contributed by atoms with van der Waals surface area (Å²) in [5, 5.41) is 6.82. The van der Waals surface area contributed by atoms with Gasteiger partial charge >= 0.3 is 0 Å². The molecule has 0 aliphatic carbocycles. The summed E-state index contributed by atoms with van der Waals surface area (Å²) in [5.41, 5.74) is 1.34. The van der Waals surface area contributed by atoms with E-state index < -0.39 is 0 Å². The van der Waals surface area contributed by atoms with Crippen molar-refractivity contribution in [3.05, 3.63) is 60.4 Å². The summed E-state index contributed by atoms with van der Waals surface area (Å²) in [4.78, 5) is 16.2. The van der Waals surface area contributed by atoms with Crippen LogP contribution in [0.25, 0.3) is 11.5 Å². The number of ether oxygens (including phenoxy) is 1. The largest absolute Gasteiger partial charge is 0.485 e. The quantitative estimate of drug-likeness (QED) is 0.703. The molecule has 6 nitrogen and oxygen atoms in total. The molecule has 25 heavy (non-hydrogen) atoms. The lowest BCUT2D eigenvalue weighted by Crippen LogP contribution is -2.11. The lowest BCUT2D eigenvalue weighted by atomic mass is 10.1. The number of nitrogens with one attached hydrogen (secondary N) is 1. The Hall–Kier alpha value is -3.15.